The number of halogens is 1. The van der Waals surface area contributed by atoms with E-state index in [2.05, 4.69) is 0 Å². The number of ether oxygens (including phenoxy) is 2. The molecule has 1 aromatic carbocycles. The van der Waals surface area contributed by atoms with Gasteiger partial charge in [0.1, 0.15) is 11.2 Å². The third kappa shape index (κ3) is 3.10. The molecule has 7 nitrogen and oxygen atoms in total. The number of aryl methyl sites for hydroxylation is 1. The fraction of sp³-hybridized carbons (Fsp3) is 0.375. The maximum atomic E-state index is 14.5. The van der Waals surface area contributed by atoms with Crippen LogP contribution in [0.5, 0.6) is 5.75 Å². The molecule has 0 bridgehead atoms. The van der Waals surface area contributed by atoms with Gasteiger partial charge in [-0.15, -0.1) is 0 Å². The quantitative estimate of drug-likeness (QED) is 0.340. The topological polar surface area (TPSA) is 93.8 Å². The van der Waals surface area contributed by atoms with Gasteiger partial charge >= 0.3 is 5.97 Å². The summed E-state index contributed by atoms with van der Waals surface area (Å²) in [5, 5.41) is 21.3. The van der Waals surface area contributed by atoms with E-state index in [4.69, 9.17) is 26.7 Å². The molecule has 9 heteroatoms. The van der Waals surface area contributed by atoms with Crippen molar-refractivity contribution in [2.24, 2.45) is 0 Å². The number of hydrogen-bond acceptors (Lipinski definition) is 7. The highest BCUT2D eigenvalue weighted by Gasteiger charge is 2.44. The second-order valence-electron chi connectivity index (χ2n) is 8.35. The zero-order chi connectivity index (χ0) is 23.5. The van der Waals surface area contributed by atoms with Crippen LogP contribution in [-0.2, 0) is 34.7 Å². The maximum absolute atomic E-state index is 14.5. The molecule has 1 atom stereocenters. The van der Waals surface area contributed by atoms with Gasteiger partial charge in [0.25, 0.3) is 0 Å². The van der Waals surface area contributed by atoms with Gasteiger partial charge in [0.2, 0.25) is 0 Å². The van der Waals surface area contributed by atoms with Crippen molar-refractivity contribution in [2.45, 2.75) is 44.9 Å². The Morgan fingerprint density at radius 3 is 2.82 bits per heavy atom. The monoisotopic (exact) mass is 470 g/mol. The van der Waals surface area contributed by atoms with E-state index in [0.717, 1.165) is 16.5 Å². The lowest BCUT2D eigenvalue weighted by atomic mass is 9.86. The molecule has 0 radical (unpaired) electrons. The van der Waals surface area contributed by atoms with E-state index < -0.39 is 17.4 Å². The second kappa shape index (κ2) is 7.86. The number of benzene rings is 1. The molecule has 2 aliphatic rings. The summed E-state index contributed by atoms with van der Waals surface area (Å²) in [5.74, 6) is -1.09. The molecule has 0 aliphatic carbocycles. The highest BCUT2D eigenvalue weighted by Crippen LogP contribution is 2.43. The van der Waals surface area contributed by atoms with Gasteiger partial charge < -0.3 is 24.3 Å². The first-order valence-electron chi connectivity index (χ1n) is 10.8. The van der Waals surface area contributed by atoms with Gasteiger partial charge in [-0.1, -0.05) is 19.1 Å². The Hall–Kier alpha value is -2.88. The van der Waals surface area contributed by atoms with Gasteiger partial charge in [0, 0.05) is 34.7 Å². The summed E-state index contributed by atoms with van der Waals surface area (Å²) in [6.07, 6.45) is 1.23. The Balaban J connectivity index is 1.81. The first kappa shape index (κ1) is 21.9. The molecule has 0 saturated heterocycles. The normalized spacial score (nSPS) is 18.6. The maximum Gasteiger partial charge on any atom is 0.343 e. The van der Waals surface area contributed by atoms with Crippen LogP contribution in [0.15, 0.2) is 18.2 Å². The van der Waals surface area contributed by atoms with Crippen LogP contribution in [0.25, 0.3) is 22.3 Å². The van der Waals surface area contributed by atoms with Gasteiger partial charge in [0.05, 0.1) is 30.6 Å². The number of aliphatic hydroxyl groups is 2. The van der Waals surface area contributed by atoms with Crippen molar-refractivity contribution in [2.75, 3.05) is 13.7 Å². The molecular formula is C24H23FN2O5S. The zero-order valence-electron chi connectivity index (χ0n) is 18.3. The minimum Gasteiger partial charge on any atom is -0.494 e. The Bertz CT molecular complexity index is 1390. The molecule has 2 aliphatic heterocycles. The number of cyclic esters (lactones) is 1. The van der Waals surface area contributed by atoms with Crippen LogP contribution < -0.4 is 4.74 Å². The number of carbonyl (C=O) groups excluding carboxylic acids is 1. The third-order valence-electron chi connectivity index (χ3n) is 6.66. The Morgan fingerprint density at radius 1 is 1.33 bits per heavy atom. The van der Waals surface area contributed by atoms with Crippen molar-refractivity contribution in [1.82, 2.24) is 9.55 Å². The molecule has 4 heterocycles. The molecule has 2 aromatic heterocycles. The number of fused-ring (bicyclic) bond motifs is 5. The summed E-state index contributed by atoms with van der Waals surface area (Å²) < 4.78 is 27.3. The molecule has 0 unspecified atom stereocenters. The number of hydrogen-bond donors (Lipinski definition) is 2. The standard InChI is InChI=1S/C24H23FN2O5S/c1-3-24(30)16-8-19-21-14(10-27(19)22(33)15(16)11-32-23(24)29)12(5-4-6-28)13-7-20(31-2)17(25)9-18(13)26-21/h7-9,28,30H,3-6,10-11H2,1-2H3/t24-/m0/s1. The SMILES string of the molecule is CC[C@@]1(O)C(=O)OCc2c1cc1n(c2=S)Cc2c-1nc1cc(F)c(OC)cc1c2CCCO. The largest absolute Gasteiger partial charge is 0.494 e. The fourth-order valence-corrected chi connectivity index (χ4v) is 5.19. The van der Waals surface area contributed by atoms with Crippen molar-refractivity contribution >= 4 is 29.1 Å². The average Bonchev–Trinajstić information content (AvgIpc) is 3.18. The van der Waals surface area contributed by atoms with Crippen LogP contribution in [-0.4, -0.2) is 39.5 Å². The van der Waals surface area contributed by atoms with Gasteiger partial charge in [0.15, 0.2) is 17.2 Å². The van der Waals surface area contributed by atoms with Crippen LogP contribution in [0, 0.1) is 10.5 Å². The van der Waals surface area contributed by atoms with E-state index in [1.165, 1.54) is 13.2 Å². The Labute approximate surface area is 194 Å². The summed E-state index contributed by atoms with van der Waals surface area (Å²) >= 11 is 5.75. The lowest BCUT2D eigenvalue weighted by Gasteiger charge is -2.32. The van der Waals surface area contributed by atoms with Gasteiger partial charge in [-0.25, -0.2) is 14.2 Å². The molecule has 0 spiro atoms. The smallest absolute Gasteiger partial charge is 0.343 e. The van der Waals surface area contributed by atoms with Crippen molar-refractivity contribution in [3.63, 3.8) is 0 Å². The molecule has 0 amide bonds. The molecule has 3 aromatic rings. The van der Waals surface area contributed by atoms with Crippen LogP contribution in [0.2, 0.25) is 0 Å². The van der Waals surface area contributed by atoms with Crippen molar-refractivity contribution in [3.8, 4) is 17.1 Å². The molecule has 0 saturated carbocycles. The molecule has 172 valence electrons. The highest BCUT2D eigenvalue weighted by molar-refractivity contribution is 7.71. The number of aromatic nitrogens is 2. The van der Waals surface area contributed by atoms with E-state index in [-0.39, 0.29) is 25.4 Å². The van der Waals surface area contributed by atoms with Crippen LogP contribution in [0.1, 0.15) is 42.0 Å². The van der Waals surface area contributed by atoms with E-state index in [9.17, 15) is 19.4 Å². The molecule has 5 rings (SSSR count). The van der Waals surface area contributed by atoms with E-state index >= 15 is 0 Å². The first-order chi connectivity index (χ1) is 15.8. The summed E-state index contributed by atoms with van der Waals surface area (Å²) in [6, 6.07) is 4.74. The van der Waals surface area contributed by atoms with Crippen LogP contribution >= 0.6 is 12.2 Å². The number of aliphatic hydroxyl groups excluding tert-OH is 1. The van der Waals surface area contributed by atoms with Gasteiger partial charge in [-0.3, -0.25) is 0 Å². The van der Waals surface area contributed by atoms with Crippen molar-refractivity contribution in [3.05, 3.63) is 50.9 Å². The summed E-state index contributed by atoms with van der Waals surface area (Å²) in [5.41, 5.74) is 2.88. The van der Waals surface area contributed by atoms with Crippen LogP contribution in [0.3, 0.4) is 0 Å². The van der Waals surface area contributed by atoms with Gasteiger partial charge in [-0.2, -0.15) is 0 Å². The summed E-state index contributed by atoms with van der Waals surface area (Å²) in [6.45, 7) is 2.17. The number of pyridine rings is 2. The number of esters is 1. The predicted octanol–water partition coefficient (Wildman–Crippen LogP) is 3.52. The summed E-state index contributed by atoms with van der Waals surface area (Å²) in [4.78, 5) is 17.2. The second-order valence-corrected chi connectivity index (χ2v) is 8.74. The molecule has 0 fully saturated rings. The lowest BCUT2D eigenvalue weighted by Crippen LogP contribution is -2.41. The predicted molar refractivity (Wildman–Crippen MR) is 121 cm³/mol. The number of nitrogens with zero attached hydrogens (tertiary/aromatic N) is 2. The van der Waals surface area contributed by atoms with E-state index in [1.54, 1.807) is 19.1 Å². The lowest BCUT2D eigenvalue weighted by molar-refractivity contribution is -0.172. The number of carbonyl (C=O) groups is 1. The average molecular weight is 471 g/mol. The Kier molecular flexibility index (Phi) is 5.23. The minimum absolute atomic E-state index is 0.00111. The van der Waals surface area contributed by atoms with E-state index in [1.807, 2.05) is 4.57 Å². The third-order valence-corrected chi connectivity index (χ3v) is 7.13. The van der Waals surface area contributed by atoms with Crippen LogP contribution in [0.4, 0.5) is 4.39 Å². The van der Waals surface area contributed by atoms with Gasteiger partial charge in [-0.05, 0) is 37.0 Å². The van der Waals surface area contributed by atoms with Crippen molar-refractivity contribution in [1.29, 1.82) is 0 Å². The van der Waals surface area contributed by atoms with Crippen molar-refractivity contribution < 1.29 is 28.9 Å². The first-order valence-corrected chi connectivity index (χ1v) is 11.2. The highest BCUT2D eigenvalue weighted by atomic mass is 32.1. The molecule has 33 heavy (non-hydrogen) atoms. The molecule has 2 N–H and O–H groups in total. The zero-order valence-corrected chi connectivity index (χ0v) is 19.1. The molecular weight excluding hydrogens is 447 g/mol. The number of rotatable bonds is 5. The van der Waals surface area contributed by atoms with E-state index in [0.29, 0.717) is 52.1 Å². The minimum atomic E-state index is -1.78. The number of methoxy groups -OCH3 is 1. The summed E-state index contributed by atoms with van der Waals surface area (Å²) in [7, 11) is 1.41. The fourth-order valence-electron chi connectivity index (χ4n) is 4.86. The Morgan fingerprint density at radius 2 is 2.12 bits per heavy atom.